The number of hydrogen-bond donors (Lipinski definition) is 2. The number of nitrogens with two attached hydrogens (primary N) is 1. The van der Waals surface area contributed by atoms with Crippen molar-refractivity contribution in [2.24, 2.45) is 0 Å². The molecule has 5 nitrogen and oxygen atoms in total. The standard InChI is InChI=1S/C15H20N4O/c16-13-2-3-14-12(11-13)1-4-15(18-14)17-5-6-19-7-9-20-10-8-19/h1-4,11H,5-10,16H2,(H,17,18). The molecule has 0 atom stereocenters. The molecular weight excluding hydrogens is 252 g/mol. The number of pyridine rings is 1. The lowest BCUT2D eigenvalue weighted by Crippen LogP contribution is -2.39. The fourth-order valence-electron chi connectivity index (χ4n) is 2.41. The van der Waals surface area contributed by atoms with Crippen molar-refractivity contribution in [2.75, 3.05) is 50.4 Å². The zero-order valence-electron chi connectivity index (χ0n) is 11.5. The Hall–Kier alpha value is -1.85. The maximum atomic E-state index is 5.77. The van der Waals surface area contributed by atoms with E-state index in [0.29, 0.717) is 0 Å². The molecule has 1 aromatic carbocycles. The highest BCUT2D eigenvalue weighted by Gasteiger charge is 2.09. The minimum atomic E-state index is 0.771. The van der Waals surface area contributed by atoms with Gasteiger partial charge >= 0.3 is 0 Å². The zero-order chi connectivity index (χ0) is 13.8. The van der Waals surface area contributed by atoms with Crippen LogP contribution in [0.25, 0.3) is 10.9 Å². The highest BCUT2D eigenvalue weighted by Crippen LogP contribution is 2.17. The number of nitrogens with one attached hydrogen (secondary N) is 1. The molecule has 3 N–H and O–H groups in total. The monoisotopic (exact) mass is 272 g/mol. The number of benzene rings is 1. The Morgan fingerprint density at radius 1 is 1.20 bits per heavy atom. The summed E-state index contributed by atoms with van der Waals surface area (Å²) >= 11 is 0. The van der Waals surface area contributed by atoms with Crippen LogP contribution in [-0.2, 0) is 4.74 Å². The van der Waals surface area contributed by atoms with Gasteiger partial charge in [0, 0.05) is 37.3 Å². The van der Waals surface area contributed by atoms with Gasteiger partial charge in [-0.2, -0.15) is 0 Å². The quantitative estimate of drug-likeness (QED) is 0.827. The lowest BCUT2D eigenvalue weighted by Gasteiger charge is -2.26. The Morgan fingerprint density at radius 2 is 2.05 bits per heavy atom. The van der Waals surface area contributed by atoms with Crippen molar-refractivity contribution >= 4 is 22.4 Å². The average molecular weight is 272 g/mol. The van der Waals surface area contributed by atoms with E-state index in [2.05, 4.69) is 21.3 Å². The normalized spacial score (nSPS) is 16.4. The molecule has 1 fully saturated rings. The topological polar surface area (TPSA) is 63.4 Å². The van der Waals surface area contributed by atoms with E-state index in [1.165, 1.54) is 0 Å². The number of nitrogen functional groups attached to an aromatic ring is 1. The second kappa shape index (κ2) is 6.07. The largest absolute Gasteiger partial charge is 0.399 e. The molecule has 2 aromatic rings. The summed E-state index contributed by atoms with van der Waals surface area (Å²) in [5.41, 5.74) is 7.50. The van der Waals surface area contributed by atoms with Gasteiger partial charge in [-0.25, -0.2) is 4.98 Å². The second-order valence-corrected chi connectivity index (χ2v) is 5.03. The minimum absolute atomic E-state index is 0.771. The van der Waals surface area contributed by atoms with E-state index in [1.807, 2.05) is 24.3 Å². The van der Waals surface area contributed by atoms with Crippen LogP contribution in [0.15, 0.2) is 30.3 Å². The number of aromatic nitrogens is 1. The maximum absolute atomic E-state index is 5.77. The average Bonchev–Trinajstić information content (AvgIpc) is 2.48. The molecule has 0 spiro atoms. The number of anilines is 2. The molecule has 0 bridgehead atoms. The van der Waals surface area contributed by atoms with Crippen LogP contribution in [0.1, 0.15) is 0 Å². The van der Waals surface area contributed by atoms with Gasteiger partial charge in [-0.1, -0.05) is 0 Å². The molecule has 5 heteroatoms. The number of morpholine rings is 1. The van der Waals surface area contributed by atoms with E-state index in [1.54, 1.807) is 0 Å². The highest BCUT2D eigenvalue weighted by atomic mass is 16.5. The van der Waals surface area contributed by atoms with Crippen LogP contribution in [0.3, 0.4) is 0 Å². The van der Waals surface area contributed by atoms with E-state index in [-0.39, 0.29) is 0 Å². The van der Waals surface area contributed by atoms with Crippen LogP contribution < -0.4 is 11.1 Å². The third-order valence-electron chi connectivity index (χ3n) is 3.55. The predicted octanol–water partition coefficient (Wildman–Crippen LogP) is 1.56. The third-order valence-corrected chi connectivity index (χ3v) is 3.55. The Kier molecular flexibility index (Phi) is 3.99. The molecule has 0 aliphatic carbocycles. The van der Waals surface area contributed by atoms with E-state index in [0.717, 1.165) is 61.8 Å². The van der Waals surface area contributed by atoms with Crippen LogP contribution in [0.4, 0.5) is 11.5 Å². The third kappa shape index (κ3) is 3.18. The zero-order valence-corrected chi connectivity index (χ0v) is 11.5. The van der Waals surface area contributed by atoms with E-state index < -0.39 is 0 Å². The second-order valence-electron chi connectivity index (χ2n) is 5.03. The lowest BCUT2D eigenvalue weighted by molar-refractivity contribution is 0.0398. The van der Waals surface area contributed by atoms with Crippen molar-refractivity contribution in [3.63, 3.8) is 0 Å². The summed E-state index contributed by atoms with van der Waals surface area (Å²) in [7, 11) is 0. The Bertz CT molecular complexity index is 581. The van der Waals surface area contributed by atoms with Crippen molar-refractivity contribution in [1.82, 2.24) is 9.88 Å². The van der Waals surface area contributed by atoms with Gasteiger partial charge in [0.2, 0.25) is 0 Å². The molecule has 1 saturated heterocycles. The number of ether oxygens (including phenoxy) is 1. The first-order chi connectivity index (χ1) is 9.81. The summed E-state index contributed by atoms with van der Waals surface area (Å²) < 4.78 is 5.34. The molecule has 20 heavy (non-hydrogen) atoms. The van der Waals surface area contributed by atoms with Gasteiger partial charge in [0.1, 0.15) is 5.82 Å². The van der Waals surface area contributed by atoms with Crippen LogP contribution in [0.5, 0.6) is 0 Å². The molecule has 1 aliphatic rings. The smallest absolute Gasteiger partial charge is 0.126 e. The number of nitrogens with zero attached hydrogens (tertiary/aromatic N) is 2. The minimum Gasteiger partial charge on any atom is -0.399 e. The molecule has 0 amide bonds. The molecule has 1 aromatic heterocycles. The summed E-state index contributed by atoms with van der Waals surface area (Å²) in [6.45, 7) is 5.64. The molecule has 2 heterocycles. The Labute approximate surface area is 118 Å². The Morgan fingerprint density at radius 3 is 2.90 bits per heavy atom. The molecular formula is C15H20N4O. The van der Waals surface area contributed by atoms with Crippen molar-refractivity contribution in [2.45, 2.75) is 0 Å². The first-order valence-corrected chi connectivity index (χ1v) is 7.01. The summed E-state index contributed by atoms with van der Waals surface area (Å²) in [5, 5.41) is 4.45. The van der Waals surface area contributed by atoms with Gasteiger partial charge in [0.25, 0.3) is 0 Å². The SMILES string of the molecule is Nc1ccc2nc(NCCN3CCOCC3)ccc2c1. The van der Waals surface area contributed by atoms with Gasteiger partial charge < -0.3 is 15.8 Å². The van der Waals surface area contributed by atoms with Crippen LogP contribution in [0.2, 0.25) is 0 Å². The molecule has 1 aliphatic heterocycles. The van der Waals surface area contributed by atoms with Gasteiger partial charge in [-0.15, -0.1) is 0 Å². The molecule has 3 rings (SSSR count). The number of rotatable bonds is 4. The first-order valence-electron chi connectivity index (χ1n) is 7.01. The Balaban J connectivity index is 1.58. The van der Waals surface area contributed by atoms with Crippen molar-refractivity contribution < 1.29 is 4.74 Å². The van der Waals surface area contributed by atoms with E-state index >= 15 is 0 Å². The predicted molar refractivity (Wildman–Crippen MR) is 81.9 cm³/mol. The van der Waals surface area contributed by atoms with Gasteiger partial charge in [-0.3, -0.25) is 4.90 Å². The van der Waals surface area contributed by atoms with E-state index in [9.17, 15) is 0 Å². The summed E-state index contributed by atoms with van der Waals surface area (Å²) in [6.07, 6.45) is 0. The van der Waals surface area contributed by atoms with Crippen molar-refractivity contribution in [1.29, 1.82) is 0 Å². The molecule has 0 unspecified atom stereocenters. The fraction of sp³-hybridized carbons (Fsp3) is 0.400. The lowest BCUT2D eigenvalue weighted by atomic mass is 10.2. The highest BCUT2D eigenvalue weighted by molar-refractivity contribution is 5.83. The molecule has 0 saturated carbocycles. The van der Waals surface area contributed by atoms with Gasteiger partial charge in [0.15, 0.2) is 0 Å². The van der Waals surface area contributed by atoms with Crippen LogP contribution in [-0.4, -0.2) is 49.3 Å². The summed E-state index contributed by atoms with van der Waals surface area (Å²) in [5.74, 6) is 0.913. The summed E-state index contributed by atoms with van der Waals surface area (Å²) in [6, 6.07) is 9.83. The van der Waals surface area contributed by atoms with Crippen LogP contribution >= 0.6 is 0 Å². The van der Waals surface area contributed by atoms with Gasteiger partial charge in [0.05, 0.1) is 18.7 Å². The molecule has 106 valence electrons. The number of hydrogen-bond acceptors (Lipinski definition) is 5. The van der Waals surface area contributed by atoms with Gasteiger partial charge in [-0.05, 0) is 30.3 Å². The molecule has 0 radical (unpaired) electrons. The first kappa shape index (κ1) is 13.1. The van der Waals surface area contributed by atoms with Crippen LogP contribution in [0, 0.1) is 0 Å². The number of fused-ring (bicyclic) bond motifs is 1. The van der Waals surface area contributed by atoms with Crippen molar-refractivity contribution in [3.8, 4) is 0 Å². The van der Waals surface area contributed by atoms with E-state index in [4.69, 9.17) is 10.5 Å². The fourth-order valence-corrected chi connectivity index (χ4v) is 2.41. The van der Waals surface area contributed by atoms with Crippen molar-refractivity contribution in [3.05, 3.63) is 30.3 Å². The maximum Gasteiger partial charge on any atom is 0.126 e. The summed E-state index contributed by atoms with van der Waals surface area (Å²) in [4.78, 5) is 6.99.